The molecule has 1 unspecified atom stereocenters. The van der Waals surface area contributed by atoms with Gasteiger partial charge in [-0.25, -0.2) is 4.79 Å². The zero-order chi connectivity index (χ0) is 14.5. The molecule has 1 fully saturated rings. The minimum atomic E-state index is -0.869. The minimum Gasteiger partial charge on any atom is -0.478 e. The molecule has 0 bridgehead atoms. The van der Waals surface area contributed by atoms with Crippen molar-refractivity contribution in [2.45, 2.75) is 30.7 Å². The summed E-state index contributed by atoms with van der Waals surface area (Å²) < 4.78 is 0. The van der Waals surface area contributed by atoms with Crippen LogP contribution in [-0.2, 0) is 0 Å². The smallest absolute Gasteiger partial charge is 0.338 e. The number of nitrogens with zero attached hydrogens (tertiary/aromatic N) is 1. The van der Waals surface area contributed by atoms with Crippen LogP contribution in [0.2, 0.25) is 0 Å². The Morgan fingerprint density at radius 2 is 2.15 bits per heavy atom. The first-order valence-electron chi connectivity index (χ1n) is 7.01. The van der Waals surface area contributed by atoms with Crippen molar-refractivity contribution in [2.24, 2.45) is 0 Å². The lowest BCUT2D eigenvalue weighted by atomic mass is 10.1. The molecule has 0 spiro atoms. The summed E-state index contributed by atoms with van der Waals surface area (Å²) in [6.07, 6.45) is 4.44. The second-order valence-electron chi connectivity index (χ2n) is 5.16. The Morgan fingerprint density at radius 3 is 2.75 bits per heavy atom. The summed E-state index contributed by atoms with van der Waals surface area (Å²) in [4.78, 5) is 14.7. The van der Waals surface area contributed by atoms with Crippen LogP contribution in [0.4, 0.5) is 5.69 Å². The van der Waals surface area contributed by atoms with Gasteiger partial charge in [0, 0.05) is 23.2 Å². The van der Waals surface area contributed by atoms with Gasteiger partial charge >= 0.3 is 5.97 Å². The lowest BCUT2D eigenvalue weighted by Crippen LogP contribution is -2.35. The van der Waals surface area contributed by atoms with E-state index in [-0.39, 0.29) is 0 Å². The Labute approximate surface area is 124 Å². The van der Waals surface area contributed by atoms with Gasteiger partial charge in [0.1, 0.15) is 0 Å². The molecule has 1 aromatic carbocycles. The Kier molecular flexibility index (Phi) is 5.31. The van der Waals surface area contributed by atoms with Crippen LogP contribution in [0.3, 0.4) is 0 Å². The van der Waals surface area contributed by atoms with E-state index in [1.54, 1.807) is 0 Å². The van der Waals surface area contributed by atoms with E-state index in [2.05, 4.69) is 17.1 Å². The van der Waals surface area contributed by atoms with E-state index in [0.717, 1.165) is 30.2 Å². The summed E-state index contributed by atoms with van der Waals surface area (Å²) in [6.45, 7) is 5.27. The first-order chi connectivity index (χ1) is 9.63. The number of rotatable bonds is 6. The Morgan fingerprint density at radius 1 is 1.45 bits per heavy atom. The second-order valence-corrected chi connectivity index (χ2v) is 6.01. The molecule has 20 heavy (non-hydrogen) atoms. The fourth-order valence-electron chi connectivity index (χ4n) is 2.64. The number of thioether (sulfide) groups is 1. The fourth-order valence-corrected chi connectivity index (χ4v) is 3.25. The van der Waals surface area contributed by atoms with E-state index in [0.29, 0.717) is 11.6 Å². The van der Waals surface area contributed by atoms with Gasteiger partial charge < -0.3 is 10.4 Å². The van der Waals surface area contributed by atoms with Crippen molar-refractivity contribution >= 4 is 23.4 Å². The maximum Gasteiger partial charge on any atom is 0.338 e. The average molecular weight is 294 g/mol. The highest BCUT2D eigenvalue weighted by Crippen LogP contribution is 2.27. The monoisotopic (exact) mass is 294 g/mol. The predicted octanol–water partition coefficient (Wildman–Crippen LogP) is 3.00. The topological polar surface area (TPSA) is 52.6 Å². The summed E-state index contributed by atoms with van der Waals surface area (Å²) >= 11 is 1.47. The van der Waals surface area contributed by atoms with Gasteiger partial charge in [-0.1, -0.05) is 6.07 Å². The highest BCUT2D eigenvalue weighted by molar-refractivity contribution is 7.98. The molecule has 1 heterocycles. The minimum absolute atomic E-state index is 0.383. The van der Waals surface area contributed by atoms with Gasteiger partial charge in [0.25, 0.3) is 0 Å². The molecule has 1 aliphatic rings. The summed E-state index contributed by atoms with van der Waals surface area (Å²) in [7, 11) is 0. The number of aromatic carboxylic acids is 1. The molecular weight excluding hydrogens is 272 g/mol. The molecule has 1 atom stereocenters. The molecule has 5 heteroatoms. The zero-order valence-corrected chi connectivity index (χ0v) is 12.9. The Hall–Kier alpha value is -1.20. The molecule has 0 aromatic heterocycles. The van der Waals surface area contributed by atoms with E-state index in [1.165, 1.54) is 24.6 Å². The molecule has 0 radical (unpaired) electrons. The maximum atomic E-state index is 11.4. The highest BCUT2D eigenvalue weighted by Gasteiger charge is 2.19. The normalized spacial score (nSPS) is 17.1. The molecule has 0 aliphatic carbocycles. The molecule has 4 nitrogen and oxygen atoms in total. The standard InChI is InChI=1S/C15H22N2O2S/c1-11(17-8-3-4-9-17)10-16-12-6-5-7-13(20-2)14(12)15(18)19/h5-7,11,16H,3-4,8-10H2,1-2H3,(H,18,19). The first-order valence-corrected chi connectivity index (χ1v) is 8.24. The third-order valence-electron chi connectivity index (χ3n) is 3.81. The largest absolute Gasteiger partial charge is 0.478 e. The van der Waals surface area contributed by atoms with Crippen LogP contribution < -0.4 is 5.32 Å². The van der Waals surface area contributed by atoms with Crippen LogP contribution >= 0.6 is 11.8 Å². The maximum absolute atomic E-state index is 11.4. The van der Waals surface area contributed by atoms with E-state index >= 15 is 0 Å². The summed E-state index contributed by atoms with van der Waals surface area (Å²) in [5.74, 6) is -0.869. The van der Waals surface area contributed by atoms with Gasteiger partial charge in [0.05, 0.1) is 5.56 Å². The van der Waals surface area contributed by atoms with Crippen molar-refractivity contribution in [1.29, 1.82) is 0 Å². The van der Waals surface area contributed by atoms with E-state index in [1.807, 2.05) is 24.5 Å². The van der Waals surface area contributed by atoms with Gasteiger partial charge in [-0.3, -0.25) is 4.90 Å². The number of likely N-dealkylation sites (tertiary alicyclic amines) is 1. The number of benzene rings is 1. The second kappa shape index (κ2) is 6.99. The van der Waals surface area contributed by atoms with Crippen LogP contribution in [-0.4, -0.2) is 47.9 Å². The molecule has 110 valence electrons. The van der Waals surface area contributed by atoms with Crippen molar-refractivity contribution < 1.29 is 9.90 Å². The van der Waals surface area contributed by atoms with Crippen LogP contribution in [0.5, 0.6) is 0 Å². The fraction of sp³-hybridized carbons (Fsp3) is 0.533. The number of anilines is 1. The molecule has 1 aromatic rings. The molecule has 1 aliphatic heterocycles. The van der Waals surface area contributed by atoms with Gasteiger partial charge in [0.2, 0.25) is 0 Å². The molecular formula is C15H22N2O2S. The van der Waals surface area contributed by atoms with Crippen LogP contribution in [0.15, 0.2) is 23.1 Å². The Bertz CT molecular complexity index is 473. The lowest BCUT2D eigenvalue weighted by molar-refractivity contribution is 0.0694. The zero-order valence-electron chi connectivity index (χ0n) is 12.1. The van der Waals surface area contributed by atoms with Gasteiger partial charge in [0.15, 0.2) is 0 Å². The average Bonchev–Trinajstić information content (AvgIpc) is 2.98. The SMILES string of the molecule is CSc1cccc(NCC(C)N2CCCC2)c1C(=O)O. The van der Waals surface area contributed by atoms with Crippen LogP contribution in [0, 0.1) is 0 Å². The predicted molar refractivity (Wildman–Crippen MR) is 83.9 cm³/mol. The van der Waals surface area contributed by atoms with Crippen molar-refractivity contribution in [3.63, 3.8) is 0 Å². The molecule has 1 saturated heterocycles. The van der Waals surface area contributed by atoms with Crippen molar-refractivity contribution in [2.75, 3.05) is 31.2 Å². The molecule has 0 amide bonds. The summed E-state index contributed by atoms with van der Waals surface area (Å²) in [6, 6.07) is 6.03. The third kappa shape index (κ3) is 3.46. The highest BCUT2D eigenvalue weighted by atomic mass is 32.2. The molecule has 2 rings (SSSR count). The number of carbonyl (C=O) groups is 1. The number of nitrogens with one attached hydrogen (secondary N) is 1. The van der Waals surface area contributed by atoms with Crippen LogP contribution in [0.1, 0.15) is 30.1 Å². The third-order valence-corrected chi connectivity index (χ3v) is 4.59. The van der Waals surface area contributed by atoms with Gasteiger partial charge in [-0.05, 0) is 51.2 Å². The number of carboxylic acid groups (broad SMARTS) is 1. The van der Waals surface area contributed by atoms with E-state index in [4.69, 9.17) is 0 Å². The molecule has 2 N–H and O–H groups in total. The lowest BCUT2D eigenvalue weighted by Gasteiger charge is -2.24. The molecule has 0 saturated carbocycles. The van der Waals surface area contributed by atoms with Crippen LogP contribution in [0.25, 0.3) is 0 Å². The van der Waals surface area contributed by atoms with Gasteiger partial charge in [-0.15, -0.1) is 11.8 Å². The number of hydrogen-bond acceptors (Lipinski definition) is 4. The Balaban J connectivity index is 2.06. The van der Waals surface area contributed by atoms with E-state index < -0.39 is 5.97 Å². The quantitative estimate of drug-likeness (QED) is 0.790. The van der Waals surface area contributed by atoms with Crippen molar-refractivity contribution in [3.05, 3.63) is 23.8 Å². The van der Waals surface area contributed by atoms with Gasteiger partial charge in [-0.2, -0.15) is 0 Å². The van der Waals surface area contributed by atoms with Crippen molar-refractivity contribution in [1.82, 2.24) is 4.90 Å². The summed E-state index contributed by atoms with van der Waals surface area (Å²) in [5.41, 5.74) is 1.10. The summed E-state index contributed by atoms with van der Waals surface area (Å²) in [5, 5.41) is 12.7. The number of carboxylic acids is 1. The van der Waals surface area contributed by atoms with Crippen molar-refractivity contribution in [3.8, 4) is 0 Å². The van der Waals surface area contributed by atoms with E-state index in [9.17, 15) is 9.90 Å². The first kappa shape index (κ1) is 15.2. The number of hydrogen-bond donors (Lipinski definition) is 2.